The van der Waals surface area contributed by atoms with Crippen LogP contribution < -0.4 is 4.74 Å². The molecule has 1 aliphatic carbocycles. The predicted molar refractivity (Wildman–Crippen MR) is 109 cm³/mol. The molecule has 1 heterocycles. The summed E-state index contributed by atoms with van der Waals surface area (Å²) in [5.74, 6) is 4.37. The van der Waals surface area contributed by atoms with Crippen LogP contribution in [0.5, 0.6) is 5.75 Å². The number of hydrogen-bond donors (Lipinski definition) is 0. The van der Waals surface area contributed by atoms with Crippen LogP contribution in [0.1, 0.15) is 41.5 Å². The molecule has 1 fully saturated rings. The Morgan fingerprint density at radius 2 is 1.80 bits per heavy atom. The third-order valence-corrected chi connectivity index (χ3v) is 6.80. The molecule has 25 heavy (non-hydrogen) atoms. The summed E-state index contributed by atoms with van der Waals surface area (Å²) in [6.45, 7) is 5.35. The summed E-state index contributed by atoms with van der Waals surface area (Å²) in [7, 11) is 0. The maximum absolute atomic E-state index is 6.18. The SMILES string of the molecule is Cc1cc(OCC2CCSCC2)cc(C)c1-c1cccc2c1CCC2. The molecule has 0 spiro atoms. The number of fused-ring (bicyclic) bond motifs is 1. The molecule has 2 heteroatoms. The van der Waals surface area contributed by atoms with E-state index < -0.39 is 0 Å². The van der Waals surface area contributed by atoms with Crippen molar-refractivity contribution in [2.45, 2.75) is 46.0 Å². The van der Waals surface area contributed by atoms with Crippen LogP contribution >= 0.6 is 11.8 Å². The number of rotatable bonds is 4. The molecule has 4 rings (SSSR count). The molecule has 0 aromatic heterocycles. The lowest BCUT2D eigenvalue weighted by atomic mass is 9.90. The van der Waals surface area contributed by atoms with Gasteiger partial charge in [-0.25, -0.2) is 0 Å². The van der Waals surface area contributed by atoms with Gasteiger partial charge in [0.15, 0.2) is 0 Å². The Hall–Kier alpha value is -1.41. The Balaban J connectivity index is 1.57. The second kappa shape index (κ2) is 7.45. The van der Waals surface area contributed by atoms with Gasteiger partial charge in [0.1, 0.15) is 5.75 Å². The third kappa shape index (κ3) is 3.60. The van der Waals surface area contributed by atoms with Crippen LogP contribution in [-0.2, 0) is 12.8 Å². The molecule has 0 saturated carbocycles. The standard InChI is InChI=1S/C23H28OS/c1-16-13-20(24-15-18-9-11-25-12-10-18)14-17(2)23(16)22-8-4-6-19-5-3-7-21(19)22/h4,6,8,13-14,18H,3,5,7,9-12,15H2,1-2H3. The van der Waals surface area contributed by atoms with Crippen LogP contribution in [0.15, 0.2) is 30.3 Å². The Morgan fingerprint density at radius 1 is 1.04 bits per heavy atom. The van der Waals surface area contributed by atoms with Crippen LogP contribution in [0.4, 0.5) is 0 Å². The van der Waals surface area contributed by atoms with E-state index in [0.717, 1.165) is 18.3 Å². The highest BCUT2D eigenvalue weighted by atomic mass is 32.2. The molecule has 2 aromatic carbocycles. The maximum Gasteiger partial charge on any atom is 0.119 e. The van der Waals surface area contributed by atoms with Crippen LogP contribution in [0.3, 0.4) is 0 Å². The Labute approximate surface area is 156 Å². The molecule has 0 radical (unpaired) electrons. The number of hydrogen-bond acceptors (Lipinski definition) is 2. The molecule has 0 amide bonds. The van der Waals surface area contributed by atoms with E-state index in [1.807, 2.05) is 0 Å². The third-order valence-electron chi connectivity index (χ3n) is 5.75. The number of thioether (sulfide) groups is 1. The molecule has 0 atom stereocenters. The summed E-state index contributed by atoms with van der Waals surface area (Å²) >= 11 is 2.08. The maximum atomic E-state index is 6.18. The van der Waals surface area contributed by atoms with Crippen molar-refractivity contribution in [3.63, 3.8) is 0 Å². The van der Waals surface area contributed by atoms with Crippen LogP contribution in [0, 0.1) is 19.8 Å². The minimum Gasteiger partial charge on any atom is -0.493 e. The zero-order chi connectivity index (χ0) is 17.2. The van der Waals surface area contributed by atoms with Gasteiger partial charge in [-0.15, -0.1) is 0 Å². The molecule has 1 nitrogen and oxygen atoms in total. The number of benzene rings is 2. The Bertz CT molecular complexity index is 736. The van der Waals surface area contributed by atoms with Gasteiger partial charge in [0.05, 0.1) is 6.61 Å². The first-order valence-electron chi connectivity index (χ1n) is 9.65. The number of aryl methyl sites for hydroxylation is 3. The first kappa shape index (κ1) is 17.0. The van der Waals surface area contributed by atoms with Crippen LogP contribution in [-0.4, -0.2) is 18.1 Å². The van der Waals surface area contributed by atoms with Gasteiger partial charge in [-0.05, 0) is 109 Å². The normalized spacial score (nSPS) is 17.5. The zero-order valence-electron chi connectivity index (χ0n) is 15.4. The quantitative estimate of drug-likeness (QED) is 0.669. The van der Waals surface area contributed by atoms with Crippen molar-refractivity contribution >= 4 is 11.8 Å². The van der Waals surface area contributed by atoms with E-state index in [2.05, 4.69) is 55.9 Å². The molecular formula is C23H28OS. The van der Waals surface area contributed by atoms with Gasteiger partial charge in [-0.2, -0.15) is 11.8 Å². The van der Waals surface area contributed by atoms with Crippen molar-refractivity contribution in [3.05, 3.63) is 52.6 Å². The van der Waals surface area contributed by atoms with E-state index in [0.29, 0.717) is 0 Å². The monoisotopic (exact) mass is 352 g/mol. The van der Waals surface area contributed by atoms with E-state index in [9.17, 15) is 0 Å². The van der Waals surface area contributed by atoms with Gasteiger partial charge < -0.3 is 4.74 Å². The van der Waals surface area contributed by atoms with Crippen molar-refractivity contribution in [1.29, 1.82) is 0 Å². The number of ether oxygens (including phenoxy) is 1. The molecule has 2 aliphatic rings. The van der Waals surface area contributed by atoms with Gasteiger partial charge in [-0.3, -0.25) is 0 Å². The van der Waals surface area contributed by atoms with Crippen molar-refractivity contribution < 1.29 is 4.74 Å². The van der Waals surface area contributed by atoms with Crippen LogP contribution in [0.25, 0.3) is 11.1 Å². The lowest BCUT2D eigenvalue weighted by Gasteiger charge is -2.22. The summed E-state index contributed by atoms with van der Waals surface area (Å²) in [5.41, 5.74) is 8.67. The van der Waals surface area contributed by atoms with Crippen molar-refractivity contribution in [3.8, 4) is 16.9 Å². The smallest absolute Gasteiger partial charge is 0.119 e. The fourth-order valence-electron chi connectivity index (χ4n) is 4.41. The zero-order valence-corrected chi connectivity index (χ0v) is 16.3. The summed E-state index contributed by atoms with van der Waals surface area (Å²) in [4.78, 5) is 0. The summed E-state index contributed by atoms with van der Waals surface area (Å²) < 4.78 is 6.18. The molecule has 2 aromatic rings. The van der Waals surface area contributed by atoms with Gasteiger partial charge in [-0.1, -0.05) is 18.2 Å². The summed E-state index contributed by atoms with van der Waals surface area (Å²) in [6, 6.07) is 11.3. The first-order valence-corrected chi connectivity index (χ1v) is 10.8. The highest BCUT2D eigenvalue weighted by Crippen LogP contribution is 2.37. The first-order chi connectivity index (χ1) is 12.2. The van der Waals surface area contributed by atoms with E-state index >= 15 is 0 Å². The fourth-order valence-corrected chi connectivity index (χ4v) is 5.62. The Kier molecular flexibility index (Phi) is 5.08. The molecule has 1 aliphatic heterocycles. The topological polar surface area (TPSA) is 9.23 Å². The second-order valence-corrected chi connectivity index (χ2v) is 8.82. The Morgan fingerprint density at radius 3 is 2.56 bits per heavy atom. The second-order valence-electron chi connectivity index (χ2n) is 7.60. The van der Waals surface area contributed by atoms with Gasteiger partial charge in [0, 0.05) is 0 Å². The van der Waals surface area contributed by atoms with Crippen molar-refractivity contribution in [1.82, 2.24) is 0 Å². The molecule has 132 valence electrons. The lowest BCUT2D eigenvalue weighted by Crippen LogP contribution is -2.17. The average Bonchev–Trinajstić information content (AvgIpc) is 3.10. The predicted octanol–water partition coefficient (Wildman–Crippen LogP) is 5.98. The van der Waals surface area contributed by atoms with E-state index in [1.54, 1.807) is 11.1 Å². The van der Waals surface area contributed by atoms with Gasteiger partial charge in [0.25, 0.3) is 0 Å². The van der Waals surface area contributed by atoms with E-state index in [4.69, 9.17) is 4.74 Å². The largest absolute Gasteiger partial charge is 0.493 e. The minimum atomic E-state index is 0.735. The van der Waals surface area contributed by atoms with E-state index in [-0.39, 0.29) is 0 Å². The molecule has 0 unspecified atom stereocenters. The molecular weight excluding hydrogens is 324 g/mol. The lowest BCUT2D eigenvalue weighted by molar-refractivity contribution is 0.240. The summed E-state index contributed by atoms with van der Waals surface area (Å²) in [6.07, 6.45) is 6.36. The average molecular weight is 353 g/mol. The molecule has 1 saturated heterocycles. The van der Waals surface area contributed by atoms with E-state index in [1.165, 1.54) is 65.9 Å². The highest BCUT2D eigenvalue weighted by molar-refractivity contribution is 7.99. The summed E-state index contributed by atoms with van der Waals surface area (Å²) in [5, 5.41) is 0. The minimum absolute atomic E-state index is 0.735. The molecule has 0 N–H and O–H groups in total. The fraction of sp³-hybridized carbons (Fsp3) is 0.478. The van der Waals surface area contributed by atoms with Gasteiger partial charge in [0.2, 0.25) is 0 Å². The van der Waals surface area contributed by atoms with Crippen molar-refractivity contribution in [2.75, 3.05) is 18.1 Å². The van der Waals surface area contributed by atoms with Crippen LogP contribution in [0.2, 0.25) is 0 Å². The van der Waals surface area contributed by atoms with Gasteiger partial charge >= 0.3 is 0 Å². The highest BCUT2D eigenvalue weighted by Gasteiger charge is 2.19. The molecule has 0 bridgehead atoms. The van der Waals surface area contributed by atoms with Crippen molar-refractivity contribution in [2.24, 2.45) is 5.92 Å².